The second-order valence-corrected chi connectivity index (χ2v) is 8.20. The third-order valence-electron chi connectivity index (χ3n) is 4.15. The molecular weight excluding hydrogens is 372 g/mol. The minimum atomic E-state index is -3.55. The summed E-state index contributed by atoms with van der Waals surface area (Å²) in [6.45, 7) is 1.38. The Kier molecular flexibility index (Phi) is 3.81. The standard InChI is InChI=1S/C17H16N4O5S/c1-9(22)19-14-4-10-11(7-21(2)12(10)6-18-14)16-17-13(25-8-26-17)5-15(20-16)27(3,23)24/h4-7H,8H2,1-3H3,(H,18,19,22). The van der Waals surface area contributed by atoms with Crippen molar-refractivity contribution in [2.45, 2.75) is 11.9 Å². The maximum absolute atomic E-state index is 12.0. The number of anilines is 1. The number of carbonyl (C=O) groups excluding carboxylic acids is 1. The lowest BCUT2D eigenvalue weighted by Crippen LogP contribution is -2.07. The SMILES string of the molecule is CC(=O)Nc1cc2c(-c3nc(S(C)(=O)=O)cc4c3OCO4)cn(C)c2cn1. The summed E-state index contributed by atoms with van der Waals surface area (Å²) in [5.41, 5.74) is 1.79. The summed E-state index contributed by atoms with van der Waals surface area (Å²) in [7, 11) is -1.71. The van der Waals surface area contributed by atoms with Gasteiger partial charge in [0.1, 0.15) is 11.5 Å². The van der Waals surface area contributed by atoms with Gasteiger partial charge in [0.15, 0.2) is 26.4 Å². The molecular formula is C17H16N4O5S. The summed E-state index contributed by atoms with van der Waals surface area (Å²) in [6, 6.07) is 3.07. The number of carbonyl (C=O) groups is 1. The zero-order valence-electron chi connectivity index (χ0n) is 14.8. The molecule has 0 saturated carbocycles. The number of fused-ring (bicyclic) bond motifs is 2. The maximum atomic E-state index is 12.0. The Morgan fingerprint density at radius 2 is 2.07 bits per heavy atom. The molecule has 140 valence electrons. The zero-order chi connectivity index (χ0) is 19.3. The Hall–Kier alpha value is -3.14. The second-order valence-electron chi connectivity index (χ2n) is 6.24. The monoisotopic (exact) mass is 388 g/mol. The third kappa shape index (κ3) is 2.97. The highest BCUT2D eigenvalue weighted by molar-refractivity contribution is 7.90. The molecule has 4 heterocycles. The van der Waals surface area contributed by atoms with Crippen LogP contribution in [0.25, 0.3) is 22.2 Å². The fraction of sp³-hybridized carbons (Fsp3) is 0.235. The number of nitrogens with one attached hydrogen (secondary N) is 1. The normalized spacial score (nSPS) is 13.1. The number of sulfone groups is 1. The molecule has 0 unspecified atom stereocenters. The van der Waals surface area contributed by atoms with Gasteiger partial charge in [-0.25, -0.2) is 18.4 Å². The van der Waals surface area contributed by atoms with Crippen LogP contribution >= 0.6 is 0 Å². The number of rotatable bonds is 3. The van der Waals surface area contributed by atoms with Gasteiger partial charge in [0.25, 0.3) is 0 Å². The van der Waals surface area contributed by atoms with E-state index in [2.05, 4.69) is 15.3 Å². The van der Waals surface area contributed by atoms with E-state index in [0.717, 1.165) is 17.2 Å². The van der Waals surface area contributed by atoms with Gasteiger partial charge < -0.3 is 19.4 Å². The smallest absolute Gasteiger partial charge is 0.231 e. The van der Waals surface area contributed by atoms with Crippen LogP contribution in [-0.2, 0) is 21.7 Å². The van der Waals surface area contributed by atoms with Crippen LogP contribution in [0.5, 0.6) is 11.5 Å². The first-order valence-electron chi connectivity index (χ1n) is 7.98. The molecule has 0 aliphatic carbocycles. The van der Waals surface area contributed by atoms with Gasteiger partial charge in [0.05, 0.1) is 11.7 Å². The first-order valence-corrected chi connectivity index (χ1v) is 9.87. The minimum Gasteiger partial charge on any atom is -0.453 e. The van der Waals surface area contributed by atoms with Gasteiger partial charge in [-0.1, -0.05) is 0 Å². The summed E-state index contributed by atoms with van der Waals surface area (Å²) < 4.78 is 36.8. The van der Waals surface area contributed by atoms with E-state index in [1.807, 2.05) is 11.6 Å². The van der Waals surface area contributed by atoms with Gasteiger partial charge in [-0.05, 0) is 6.07 Å². The fourth-order valence-electron chi connectivity index (χ4n) is 2.97. The number of hydrogen-bond acceptors (Lipinski definition) is 7. The topological polar surface area (TPSA) is 112 Å². The van der Waals surface area contributed by atoms with E-state index in [0.29, 0.717) is 28.6 Å². The predicted octanol–water partition coefficient (Wildman–Crippen LogP) is 1.73. The van der Waals surface area contributed by atoms with E-state index in [4.69, 9.17) is 9.47 Å². The molecule has 0 atom stereocenters. The number of aryl methyl sites for hydroxylation is 1. The van der Waals surface area contributed by atoms with Crippen molar-refractivity contribution in [2.75, 3.05) is 18.4 Å². The number of ether oxygens (including phenoxy) is 2. The molecule has 10 heteroatoms. The molecule has 1 aliphatic rings. The Balaban J connectivity index is 2.00. The number of nitrogens with zero attached hydrogens (tertiary/aromatic N) is 3. The lowest BCUT2D eigenvalue weighted by molar-refractivity contribution is -0.114. The fourth-order valence-corrected chi connectivity index (χ4v) is 3.55. The van der Waals surface area contributed by atoms with Gasteiger partial charge in [0, 0.05) is 43.4 Å². The van der Waals surface area contributed by atoms with E-state index in [9.17, 15) is 13.2 Å². The van der Waals surface area contributed by atoms with Gasteiger partial charge >= 0.3 is 0 Å². The van der Waals surface area contributed by atoms with Crippen LogP contribution in [0.15, 0.2) is 29.6 Å². The van der Waals surface area contributed by atoms with Crippen LogP contribution in [0.1, 0.15) is 6.92 Å². The van der Waals surface area contributed by atoms with Crippen LogP contribution < -0.4 is 14.8 Å². The van der Waals surface area contributed by atoms with Crippen LogP contribution in [0, 0.1) is 0 Å². The molecule has 9 nitrogen and oxygen atoms in total. The summed E-state index contributed by atoms with van der Waals surface area (Å²) >= 11 is 0. The van der Waals surface area contributed by atoms with Crippen LogP contribution in [-0.4, -0.2) is 41.9 Å². The molecule has 0 saturated heterocycles. The lowest BCUT2D eigenvalue weighted by Gasteiger charge is -2.07. The average Bonchev–Trinajstić information content (AvgIpc) is 3.17. The summed E-state index contributed by atoms with van der Waals surface area (Å²) in [6.07, 6.45) is 4.52. The zero-order valence-corrected chi connectivity index (χ0v) is 15.6. The van der Waals surface area contributed by atoms with Crippen molar-refractivity contribution in [3.05, 3.63) is 24.5 Å². The van der Waals surface area contributed by atoms with Crippen LogP contribution in [0.4, 0.5) is 5.82 Å². The van der Waals surface area contributed by atoms with E-state index < -0.39 is 9.84 Å². The molecule has 0 spiro atoms. The Bertz CT molecular complexity index is 1200. The molecule has 4 rings (SSSR count). The molecule has 0 radical (unpaired) electrons. The molecule has 0 fully saturated rings. The van der Waals surface area contributed by atoms with Crippen molar-refractivity contribution >= 4 is 32.5 Å². The van der Waals surface area contributed by atoms with E-state index in [1.165, 1.54) is 13.0 Å². The largest absolute Gasteiger partial charge is 0.453 e. The summed E-state index contributed by atoms with van der Waals surface area (Å²) in [4.78, 5) is 19.9. The van der Waals surface area contributed by atoms with Crippen LogP contribution in [0.2, 0.25) is 0 Å². The van der Waals surface area contributed by atoms with Crippen molar-refractivity contribution in [3.8, 4) is 22.8 Å². The third-order valence-corrected chi connectivity index (χ3v) is 5.12. The maximum Gasteiger partial charge on any atom is 0.231 e. The Morgan fingerprint density at radius 3 is 2.78 bits per heavy atom. The second kappa shape index (κ2) is 5.95. The lowest BCUT2D eigenvalue weighted by atomic mass is 10.1. The molecule has 1 N–H and O–H groups in total. The first-order chi connectivity index (χ1) is 12.7. The highest BCUT2D eigenvalue weighted by atomic mass is 32.2. The van der Waals surface area contributed by atoms with E-state index >= 15 is 0 Å². The van der Waals surface area contributed by atoms with Gasteiger partial charge in [-0.3, -0.25) is 4.79 Å². The first kappa shape index (κ1) is 17.3. The van der Waals surface area contributed by atoms with E-state index in [-0.39, 0.29) is 17.7 Å². The Morgan fingerprint density at radius 1 is 1.30 bits per heavy atom. The number of aromatic nitrogens is 3. The summed E-state index contributed by atoms with van der Waals surface area (Å²) in [5.74, 6) is 0.853. The van der Waals surface area contributed by atoms with Crippen molar-refractivity contribution < 1.29 is 22.7 Å². The molecule has 3 aromatic heterocycles. The molecule has 27 heavy (non-hydrogen) atoms. The molecule has 1 aliphatic heterocycles. The van der Waals surface area contributed by atoms with Crippen molar-refractivity contribution in [2.24, 2.45) is 7.05 Å². The summed E-state index contributed by atoms with van der Waals surface area (Å²) in [5, 5.41) is 3.28. The molecule has 0 bridgehead atoms. The number of hydrogen-bond donors (Lipinski definition) is 1. The molecule has 0 aromatic carbocycles. The predicted molar refractivity (Wildman–Crippen MR) is 97.5 cm³/mol. The quantitative estimate of drug-likeness (QED) is 0.727. The average molecular weight is 388 g/mol. The highest BCUT2D eigenvalue weighted by Gasteiger charge is 2.27. The van der Waals surface area contributed by atoms with Crippen molar-refractivity contribution in [1.29, 1.82) is 0 Å². The Labute approximate surface area is 154 Å². The van der Waals surface area contributed by atoms with E-state index in [1.54, 1.807) is 18.5 Å². The van der Waals surface area contributed by atoms with Crippen molar-refractivity contribution in [3.63, 3.8) is 0 Å². The highest BCUT2D eigenvalue weighted by Crippen LogP contribution is 2.44. The molecule has 1 amide bonds. The van der Waals surface area contributed by atoms with Crippen molar-refractivity contribution in [1.82, 2.24) is 14.5 Å². The molecule has 3 aromatic rings. The van der Waals surface area contributed by atoms with Gasteiger partial charge in [-0.15, -0.1) is 0 Å². The van der Waals surface area contributed by atoms with Crippen LogP contribution in [0.3, 0.4) is 0 Å². The minimum absolute atomic E-state index is 0.0132. The van der Waals surface area contributed by atoms with Gasteiger partial charge in [0.2, 0.25) is 12.7 Å². The number of pyridine rings is 2. The number of amides is 1. The van der Waals surface area contributed by atoms with Gasteiger partial charge in [-0.2, -0.15) is 0 Å².